The van der Waals surface area contributed by atoms with E-state index in [0.29, 0.717) is 13.0 Å². The van der Waals surface area contributed by atoms with E-state index in [2.05, 4.69) is 24.4 Å². The monoisotopic (exact) mass is 253 g/mol. The summed E-state index contributed by atoms with van der Waals surface area (Å²) in [6.45, 7) is 4.68. The molecule has 2 N–H and O–H groups in total. The van der Waals surface area contributed by atoms with Gasteiger partial charge in [-0.2, -0.15) is 0 Å². The Hall–Kier alpha value is -1.00. The van der Waals surface area contributed by atoms with Crippen molar-refractivity contribution in [1.82, 2.24) is 5.32 Å². The lowest BCUT2D eigenvalue weighted by Gasteiger charge is -2.12. The molecule has 4 heteroatoms. The summed E-state index contributed by atoms with van der Waals surface area (Å²) in [5.74, 6) is 0.0479. The highest BCUT2D eigenvalue weighted by molar-refractivity contribution is 7.99. The minimum atomic E-state index is -0.766. The number of likely N-dealkylation sites (N-methyl/N-ethyl adjacent to an activating group) is 1. The zero-order valence-corrected chi connectivity index (χ0v) is 11.1. The first-order valence-electron chi connectivity index (χ1n) is 5.79. The number of thioether (sulfide) groups is 1. The lowest BCUT2D eigenvalue weighted by Crippen LogP contribution is -2.36. The van der Waals surface area contributed by atoms with Gasteiger partial charge in [0.15, 0.2) is 0 Å². The van der Waals surface area contributed by atoms with Crippen LogP contribution in [0, 0.1) is 6.92 Å². The van der Waals surface area contributed by atoms with Gasteiger partial charge in [-0.15, -0.1) is 11.8 Å². The predicted octanol–water partition coefficient (Wildman–Crippen LogP) is 2.54. The van der Waals surface area contributed by atoms with Gasteiger partial charge in [-0.1, -0.05) is 25.1 Å². The Morgan fingerprint density at radius 3 is 2.76 bits per heavy atom. The third kappa shape index (κ3) is 4.79. The number of carboxylic acids is 1. The van der Waals surface area contributed by atoms with Gasteiger partial charge in [0.2, 0.25) is 0 Å². The first-order chi connectivity index (χ1) is 8.15. The zero-order valence-electron chi connectivity index (χ0n) is 10.3. The van der Waals surface area contributed by atoms with Crippen molar-refractivity contribution in [3.05, 3.63) is 29.8 Å². The lowest BCUT2D eigenvalue weighted by atomic mass is 10.2. The Labute approximate surface area is 107 Å². The molecule has 0 radical (unpaired) electrons. The second kappa shape index (κ2) is 7.35. The summed E-state index contributed by atoms with van der Waals surface area (Å²) in [6.07, 6.45) is 0.641. The van der Waals surface area contributed by atoms with E-state index in [4.69, 9.17) is 5.11 Å². The van der Waals surface area contributed by atoms with Crippen molar-refractivity contribution in [3.8, 4) is 0 Å². The third-order valence-electron chi connectivity index (χ3n) is 2.51. The fourth-order valence-corrected chi connectivity index (χ4v) is 2.61. The Bertz CT molecular complexity index is 368. The normalized spacial score (nSPS) is 12.4. The Morgan fingerprint density at radius 2 is 2.18 bits per heavy atom. The second-order valence-corrected chi connectivity index (χ2v) is 4.99. The second-order valence-electron chi connectivity index (χ2n) is 3.85. The van der Waals surface area contributed by atoms with Crippen LogP contribution in [0.1, 0.15) is 18.9 Å². The van der Waals surface area contributed by atoms with Gasteiger partial charge in [0.05, 0.1) is 0 Å². The summed E-state index contributed by atoms with van der Waals surface area (Å²) in [5, 5.41) is 12.0. The molecular formula is C13H19NO2S. The summed E-state index contributed by atoms with van der Waals surface area (Å²) in [6, 6.07) is 7.73. The molecule has 0 saturated heterocycles. The van der Waals surface area contributed by atoms with Crippen molar-refractivity contribution in [3.63, 3.8) is 0 Å². The molecule has 1 aromatic rings. The van der Waals surface area contributed by atoms with E-state index in [-0.39, 0.29) is 0 Å². The molecule has 3 nitrogen and oxygen atoms in total. The molecule has 0 aliphatic heterocycles. The van der Waals surface area contributed by atoms with Gasteiger partial charge in [-0.25, -0.2) is 0 Å². The van der Waals surface area contributed by atoms with Crippen molar-refractivity contribution in [2.45, 2.75) is 31.2 Å². The first-order valence-corrected chi connectivity index (χ1v) is 6.78. The highest BCUT2D eigenvalue weighted by Crippen LogP contribution is 2.22. The minimum absolute atomic E-state index is 0.434. The molecule has 0 fully saturated rings. The zero-order chi connectivity index (χ0) is 12.7. The number of aliphatic carboxylic acids is 1. The van der Waals surface area contributed by atoms with Crippen LogP contribution >= 0.6 is 11.8 Å². The molecule has 0 heterocycles. The van der Waals surface area contributed by atoms with Gasteiger partial charge < -0.3 is 10.4 Å². The number of hydrogen-bond donors (Lipinski definition) is 2. The fourth-order valence-electron chi connectivity index (χ4n) is 1.56. The summed E-state index contributed by atoms with van der Waals surface area (Å²) < 4.78 is 0. The van der Waals surface area contributed by atoms with Crippen molar-refractivity contribution in [2.75, 3.05) is 12.3 Å². The molecule has 94 valence electrons. The molecule has 0 bridgehead atoms. The lowest BCUT2D eigenvalue weighted by molar-refractivity contribution is -0.139. The minimum Gasteiger partial charge on any atom is -0.480 e. The third-order valence-corrected chi connectivity index (χ3v) is 3.72. The van der Waals surface area contributed by atoms with Gasteiger partial charge >= 0.3 is 5.97 Å². The summed E-state index contributed by atoms with van der Waals surface area (Å²) in [7, 11) is 0. The average Bonchev–Trinajstić information content (AvgIpc) is 2.30. The van der Waals surface area contributed by atoms with Gasteiger partial charge in [-0.3, -0.25) is 4.79 Å². The number of carbonyl (C=O) groups is 1. The smallest absolute Gasteiger partial charge is 0.320 e. The number of hydrogen-bond acceptors (Lipinski definition) is 3. The van der Waals surface area contributed by atoms with E-state index in [0.717, 1.165) is 5.75 Å². The molecule has 0 spiro atoms. The summed E-state index contributed by atoms with van der Waals surface area (Å²) >= 11 is 1.72. The molecular weight excluding hydrogens is 234 g/mol. The number of carboxylic acid groups (broad SMARTS) is 1. The van der Waals surface area contributed by atoms with Crippen molar-refractivity contribution >= 4 is 17.7 Å². The van der Waals surface area contributed by atoms with Gasteiger partial charge in [0.25, 0.3) is 0 Å². The predicted molar refractivity (Wildman–Crippen MR) is 71.6 cm³/mol. The van der Waals surface area contributed by atoms with Crippen LogP contribution in [0.25, 0.3) is 0 Å². The van der Waals surface area contributed by atoms with E-state index in [9.17, 15) is 4.79 Å². The number of benzene rings is 1. The molecule has 17 heavy (non-hydrogen) atoms. The first kappa shape index (κ1) is 14.1. The van der Waals surface area contributed by atoms with Crippen LogP contribution in [0.5, 0.6) is 0 Å². The maximum absolute atomic E-state index is 10.9. The van der Waals surface area contributed by atoms with Crippen LogP contribution in [0.3, 0.4) is 0 Å². The number of rotatable bonds is 7. The van der Waals surface area contributed by atoms with E-state index < -0.39 is 12.0 Å². The van der Waals surface area contributed by atoms with Crippen molar-refractivity contribution in [2.24, 2.45) is 0 Å². The van der Waals surface area contributed by atoms with Crippen LogP contribution in [-0.2, 0) is 4.79 Å². The molecule has 0 saturated carbocycles. The van der Waals surface area contributed by atoms with Crippen LogP contribution in [0.15, 0.2) is 29.2 Å². The Kier molecular flexibility index (Phi) is 6.08. The van der Waals surface area contributed by atoms with Crippen LogP contribution < -0.4 is 5.32 Å². The van der Waals surface area contributed by atoms with Gasteiger partial charge in [-0.05, 0) is 31.5 Å². The van der Waals surface area contributed by atoms with Crippen LogP contribution in [0.2, 0.25) is 0 Å². The summed E-state index contributed by atoms with van der Waals surface area (Å²) in [4.78, 5) is 12.2. The molecule has 1 unspecified atom stereocenters. The summed E-state index contributed by atoms with van der Waals surface area (Å²) in [5.41, 5.74) is 1.24. The maximum Gasteiger partial charge on any atom is 0.320 e. The number of nitrogens with one attached hydrogen (secondary N) is 1. The Morgan fingerprint density at radius 1 is 1.47 bits per heavy atom. The van der Waals surface area contributed by atoms with Crippen LogP contribution in [0.4, 0.5) is 0 Å². The topological polar surface area (TPSA) is 49.3 Å². The van der Waals surface area contributed by atoms with E-state index >= 15 is 0 Å². The van der Waals surface area contributed by atoms with Crippen LogP contribution in [-0.4, -0.2) is 29.4 Å². The molecule has 1 aromatic carbocycles. The molecule has 0 aliphatic rings. The SMILES string of the molecule is CCNC(CCSc1ccccc1C)C(=O)O. The molecule has 0 amide bonds. The largest absolute Gasteiger partial charge is 0.480 e. The van der Waals surface area contributed by atoms with Crippen molar-refractivity contribution in [1.29, 1.82) is 0 Å². The van der Waals surface area contributed by atoms with Gasteiger partial charge in [0.1, 0.15) is 6.04 Å². The van der Waals surface area contributed by atoms with E-state index in [1.165, 1.54) is 10.5 Å². The number of aryl methyl sites for hydroxylation is 1. The molecule has 0 aromatic heterocycles. The maximum atomic E-state index is 10.9. The Balaban J connectivity index is 2.41. The highest BCUT2D eigenvalue weighted by atomic mass is 32.2. The molecule has 1 rings (SSSR count). The van der Waals surface area contributed by atoms with E-state index in [1.54, 1.807) is 11.8 Å². The molecule has 1 atom stereocenters. The fraction of sp³-hybridized carbons (Fsp3) is 0.462. The quantitative estimate of drug-likeness (QED) is 0.733. The standard InChI is InChI=1S/C13H19NO2S/c1-3-14-11(13(15)16)8-9-17-12-7-5-4-6-10(12)2/h4-7,11,14H,3,8-9H2,1-2H3,(H,15,16). The highest BCUT2D eigenvalue weighted by Gasteiger charge is 2.15. The van der Waals surface area contributed by atoms with Gasteiger partial charge in [0, 0.05) is 10.6 Å². The van der Waals surface area contributed by atoms with E-state index in [1.807, 2.05) is 19.1 Å². The molecule has 0 aliphatic carbocycles. The average molecular weight is 253 g/mol. The van der Waals surface area contributed by atoms with Crippen molar-refractivity contribution < 1.29 is 9.90 Å².